The summed E-state index contributed by atoms with van der Waals surface area (Å²) >= 11 is 5.94. The van der Waals surface area contributed by atoms with Crippen LogP contribution in [0.1, 0.15) is 36.5 Å². The van der Waals surface area contributed by atoms with Crippen LogP contribution in [0.3, 0.4) is 0 Å². The molecule has 1 atom stereocenters. The highest BCUT2D eigenvalue weighted by atomic mass is 35.5. The minimum absolute atomic E-state index is 0.0641. The van der Waals surface area contributed by atoms with Crippen molar-refractivity contribution in [3.8, 4) is 0 Å². The van der Waals surface area contributed by atoms with Gasteiger partial charge in [-0.05, 0) is 49.4 Å². The predicted molar refractivity (Wildman–Crippen MR) is 117 cm³/mol. The normalized spacial score (nSPS) is 20.5. The van der Waals surface area contributed by atoms with Crippen LogP contribution in [0, 0.1) is 5.92 Å². The summed E-state index contributed by atoms with van der Waals surface area (Å²) < 4.78 is 0. The molecule has 3 heterocycles. The average molecular weight is 414 g/mol. The zero-order chi connectivity index (χ0) is 20.2. The predicted octanol–water partition coefficient (Wildman–Crippen LogP) is 3.72. The van der Waals surface area contributed by atoms with Crippen molar-refractivity contribution >= 4 is 29.1 Å². The van der Waals surface area contributed by atoms with E-state index in [9.17, 15) is 4.79 Å². The number of halogens is 1. The first-order chi connectivity index (χ1) is 14.1. The Balaban J connectivity index is 1.42. The number of hydrogen-bond donors (Lipinski definition) is 0. The minimum Gasteiger partial charge on any atom is -0.356 e. The molecular weight excluding hydrogens is 386 g/mol. The third kappa shape index (κ3) is 4.81. The number of piperidine rings is 1. The van der Waals surface area contributed by atoms with Crippen LogP contribution in [0.2, 0.25) is 5.02 Å². The molecule has 0 saturated carbocycles. The lowest BCUT2D eigenvalue weighted by Crippen LogP contribution is -2.36. The first-order valence-corrected chi connectivity index (χ1v) is 10.8. The topological polar surface area (TPSA) is 52.6 Å². The molecule has 0 bridgehead atoms. The summed E-state index contributed by atoms with van der Waals surface area (Å²) in [5.74, 6) is 2.73. The molecule has 6 nitrogen and oxygen atoms in total. The number of carbonyl (C=O) groups excluding carboxylic acids is 1. The summed E-state index contributed by atoms with van der Waals surface area (Å²) in [6.07, 6.45) is 5.09. The molecule has 2 aliphatic rings. The van der Waals surface area contributed by atoms with Crippen LogP contribution in [-0.4, -0.2) is 60.0 Å². The molecule has 1 aromatic carbocycles. The Morgan fingerprint density at radius 3 is 2.45 bits per heavy atom. The Morgan fingerprint density at radius 2 is 1.69 bits per heavy atom. The summed E-state index contributed by atoms with van der Waals surface area (Å²) in [7, 11) is 0. The third-order valence-electron chi connectivity index (χ3n) is 5.82. The van der Waals surface area contributed by atoms with Crippen molar-refractivity contribution in [3.05, 3.63) is 47.2 Å². The van der Waals surface area contributed by atoms with E-state index in [0.29, 0.717) is 23.0 Å². The van der Waals surface area contributed by atoms with E-state index in [1.54, 1.807) is 30.6 Å². The number of amides is 1. The van der Waals surface area contributed by atoms with Crippen molar-refractivity contribution < 1.29 is 4.79 Å². The third-order valence-corrected chi connectivity index (χ3v) is 6.07. The number of nitrogens with zero attached hydrogens (tertiary/aromatic N) is 5. The van der Waals surface area contributed by atoms with Gasteiger partial charge in [-0.2, -0.15) is 0 Å². The maximum atomic E-state index is 12.8. The first kappa shape index (κ1) is 20.0. The highest BCUT2D eigenvalue weighted by molar-refractivity contribution is 6.30. The fraction of sp³-hybridized carbons (Fsp3) is 0.500. The fourth-order valence-corrected chi connectivity index (χ4v) is 4.33. The lowest BCUT2D eigenvalue weighted by atomic mass is 10.0. The molecule has 1 aromatic heterocycles. The van der Waals surface area contributed by atoms with Gasteiger partial charge < -0.3 is 14.7 Å². The minimum atomic E-state index is 0.0641. The molecule has 2 aromatic rings. The summed E-state index contributed by atoms with van der Waals surface area (Å²) in [5, 5.41) is 0.645. The number of carbonyl (C=O) groups is 1. The quantitative estimate of drug-likeness (QED) is 0.767. The number of rotatable bonds is 3. The molecule has 0 N–H and O–H groups in total. The van der Waals surface area contributed by atoms with Gasteiger partial charge in [0.25, 0.3) is 5.91 Å². The van der Waals surface area contributed by atoms with Gasteiger partial charge in [-0.25, -0.2) is 9.97 Å². The molecule has 154 valence electrons. The Labute approximate surface area is 177 Å². The van der Waals surface area contributed by atoms with E-state index in [2.05, 4.69) is 32.8 Å². The van der Waals surface area contributed by atoms with Crippen LogP contribution in [0.25, 0.3) is 0 Å². The summed E-state index contributed by atoms with van der Waals surface area (Å²) in [6.45, 7) is 7.50. The van der Waals surface area contributed by atoms with Gasteiger partial charge in [0.15, 0.2) is 0 Å². The van der Waals surface area contributed by atoms with Crippen molar-refractivity contribution in [2.24, 2.45) is 5.92 Å². The smallest absolute Gasteiger partial charge is 0.253 e. The van der Waals surface area contributed by atoms with E-state index < -0.39 is 0 Å². The van der Waals surface area contributed by atoms with Crippen molar-refractivity contribution in [2.45, 2.75) is 26.2 Å². The van der Waals surface area contributed by atoms with Gasteiger partial charge in [-0.1, -0.05) is 18.5 Å². The molecule has 2 saturated heterocycles. The molecule has 0 radical (unpaired) electrons. The monoisotopic (exact) mass is 413 g/mol. The summed E-state index contributed by atoms with van der Waals surface area (Å²) in [5.41, 5.74) is 0.686. The van der Waals surface area contributed by atoms with Crippen LogP contribution >= 0.6 is 11.6 Å². The van der Waals surface area contributed by atoms with E-state index >= 15 is 0 Å². The van der Waals surface area contributed by atoms with Gasteiger partial charge in [0, 0.05) is 55.9 Å². The van der Waals surface area contributed by atoms with Crippen LogP contribution in [0.15, 0.2) is 36.7 Å². The van der Waals surface area contributed by atoms with E-state index in [1.165, 1.54) is 12.8 Å². The van der Waals surface area contributed by atoms with E-state index in [1.807, 2.05) is 4.90 Å². The Kier molecular flexibility index (Phi) is 6.19. The zero-order valence-corrected chi connectivity index (χ0v) is 17.7. The maximum Gasteiger partial charge on any atom is 0.253 e. The summed E-state index contributed by atoms with van der Waals surface area (Å²) in [4.78, 5) is 28.4. The SMILES string of the molecule is CC1CCCN(c2cc(N3CCCN(C(=O)c4ccc(Cl)cc4)CC3)ncn2)C1. The second kappa shape index (κ2) is 8.99. The molecule has 0 aliphatic carbocycles. The lowest BCUT2D eigenvalue weighted by Gasteiger charge is -2.32. The molecule has 7 heteroatoms. The van der Waals surface area contributed by atoms with Gasteiger partial charge in [0.05, 0.1) is 0 Å². The molecule has 1 amide bonds. The van der Waals surface area contributed by atoms with Gasteiger partial charge in [-0.3, -0.25) is 4.79 Å². The number of aromatic nitrogens is 2. The largest absolute Gasteiger partial charge is 0.356 e. The molecule has 4 rings (SSSR count). The van der Waals surface area contributed by atoms with Crippen molar-refractivity contribution in [1.29, 1.82) is 0 Å². The van der Waals surface area contributed by atoms with E-state index in [-0.39, 0.29) is 5.91 Å². The molecule has 2 aliphatic heterocycles. The Morgan fingerprint density at radius 1 is 0.966 bits per heavy atom. The second-order valence-corrected chi connectivity index (χ2v) is 8.50. The number of benzene rings is 1. The van der Waals surface area contributed by atoms with Gasteiger partial charge in [-0.15, -0.1) is 0 Å². The standard InChI is InChI=1S/C22H28ClN5O/c1-17-4-2-9-28(15-17)21-14-20(24-16-25-21)26-10-3-11-27(13-12-26)22(29)18-5-7-19(23)8-6-18/h5-8,14,16-17H,2-4,9-13,15H2,1H3. The lowest BCUT2D eigenvalue weighted by molar-refractivity contribution is 0.0767. The molecule has 1 unspecified atom stereocenters. The van der Waals surface area contributed by atoms with Crippen molar-refractivity contribution in [3.63, 3.8) is 0 Å². The summed E-state index contributed by atoms with van der Waals surface area (Å²) in [6, 6.07) is 9.23. The maximum absolute atomic E-state index is 12.8. The number of hydrogen-bond acceptors (Lipinski definition) is 5. The van der Waals surface area contributed by atoms with Gasteiger partial charge in [0.1, 0.15) is 18.0 Å². The number of anilines is 2. The highest BCUT2D eigenvalue weighted by Crippen LogP contribution is 2.24. The van der Waals surface area contributed by atoms with Crippen LogP contribution in [-0.2, 0) is 0 Å². The molecule has 0 spiro atoms. The molecule has 29 heavy (non-hydrogen) atoms. The fourth-order valence-electron chi connectivity index (χ4n) is 4.21. The second-order valence-electron chi connectivity index (χ2n) is 8.07. The van der Waals surface area contributed by atoms with E-state index in [4.69, 9.17) is 11.6 Å². The van der Waals surface area contributed by atoms with Crippen molar-refractivity contribution in [1.82, 2.24) is 14.9 Å². The molecule has 2 fully saturated rings. The highest BCUT2D eigenvalue weighted by Gasteiger charge is 2.23. The van der Waals surface area contributed by atoms with E-state index in [0.717, 1.165) is 50.8 Å². The first-order valence-electron chi connectivity index (χ1n) is 10.5. The van der Waals surface area contributed by atoms with Gasteiger partial charge in [0.2, 0.25) is 0 Å². The van der Waals surface area contributed by atoms with Crippen LogP contribution in [0.5, 0.6) is 0 Å². The molecular formula is C22H28ClN5O. The van der Waals surface area contributed by atoms with Crippen LogP contribution in [0.4, 0.5) is 11.6 Å². The van der Waals surface area contributed by atoms with Crippen molar-refractivity contribution in [2.75, 3.05) is 49.1 Å². The zero-order valence-electron chi connectivity index (χ0n) is 16.9. The van der Waals surface area contributed by atoms with Crippen LogP contribution < -0.4 is 9.80 Å². The van der Waals surface area contributed by atoms with Gasteiger partial charge >= 0.3 is 0 Å². The Hall–Kier alpha value is -2.34. The average Bonchev–Trinajstić information content (AvgIpc) is 3.00. The Bertz CT molecular complexity index is 843.